The molecule has 2 aromatic rings. The van der Waals surface area contributed by atoms with Gasteiger partial charge in [0.15, 0.2) is 0 Å². The van der Waals surface area contributed by atoms with Crippen LogP contribution in [0, 0.1) is 0 Å². The van der Waals surface area contributed by atoms with Crippen molar-refractivity contribution >= 4 is 11.3 Å². The van der Waals surface area contributed by atoms with E-state index in [4.69, 9.17) is 5.11 Å². The van der Waals surface area contributed by atoms with Crippen LogP contribution < -0.4 is 0 Å². The van der Waals surface area contributed by atoms with E-state index in [1.165, 1.54) is 10.6 Å². The molecule has 0 saturated heterocycles. The van der Waals surface area contributed by atoms with E-state index < -0.39 is 0 Å². The number of aliphatic hydroxyl groups is 1. The second-order valence-corrected chi connectivity index (χ2v) is 5.74. The third-order valence-corrected chi connectivity index (χ3v) is 4.03. The van der Waals surface area contributed by atoms with E-state index in [1.54, 1.807) is 11.3 Å². The summed E-state index contributed by atoms with van der Waals surface area (Å²) in [5.74, 6) is 0. The molecule has 0 unspecified atom stereocenters. The highest BCUT2D eigenvalue weighted by molar-refractivity contribution is 7.09. The largest absolute Gasteiger partial charge is 0.395 e. The fourth-order valence-corrected chi connectivity index (χ4v) is 2.98. The molecule has 3 nitrogen and oxygen atoms in total. The van der Waals surface area contributed by atoms with E-state index in [0.717, 1.165) is 32.6 Å². The first kappa shape index (κ1) is 14.3. The predicted molar refractivity (Wildman–Crippen MR) is 80.5 cm³/mol. The van der Waals surface area contributed by atoms with E-state index in [9.17, 15) is 0 Å². The van der Waals surface area contributed by atoms with Crippen LogP contribution >= 0.6 is 11.3 Å². The maximum Gasteiger partial charge on any atom is 0.0566 e. The minimum Gasteiger partial charge on any atom is -0.395 e. The van der Waals surface area contributed by atoms with Gasteiger partial charge in [-0.25, -0.2) is 0 Å². The SMILES string of the molecule is CCCN(CCO)Cc1cccn1Cc1cccs1. The quantitative estimate of drug-likeness (QED) is 0.804. The van der Waals surface area contributed by atoms with E-state index in [0.29, 0.717) is 0 Å². The lowest BCUT2D eigenvalue weighted by Crippen LogP contribution is -2.28. The monoisotopic (exact) mass is 278 g/mol. The van der Waals surface area contributed by atoms with Crippen molar-refractivity contribution in [3.05, 3.63) is 46.4 Å². The summed E-state index contributed by atoms with van der Waals surface area (Å²) < 4.78 is 2.30. The highest BCUT2D eigenvalue weighted by Crippen LogP contribution is 2.14. The fraction of sp³-hybridized carbons (Fsp3) is 0.467. The topological polar surface area (TPSA) is 28.4 Å². The Hall–Kier alpha value is -1.10. The van der Waals surface area contributed by atoms with Crippen LogP contribution in [0.3, 0.4) is 0 Å². The highest BCUT2D eigenvalue weighted by atomic mass is 32.1. The summed E-state index contributed by atoms with van der Waals surface area (Å²) in [6, 6.07) is 8.55. The number of nitrogens with zero attached hydrogens (tertiary/aromatic N) is 2. The molecule has 2 heterocycles. The van der Waals surface area contributed by atoms with E-state index in [2.05, 4.69) is 52.2 Å². The standard InChI is InChI=1S/C15H22N2OS/c1-2-7-16(9-10-18)12-14-5-3-8-17(14)13-15-6-4-11-19-15/h3-6,8,11,18H,2,7,9-10,12-13H2,1H3. The van der Waals surface area contributed by atoms with Crippen LogP contribution in [0.5, 0.6) is 0 Å². The summed E-state index contributed by atoms with van der Waals surface area (Å²) in [5.41, 5.74) is 1.32. The Morgan fingerprint density at radius 1 is 1.26 bits per heavy atom. The van der Waals surface area contributed by atoms with Crippen LogP contribution in [-0.2, 0) is 13.1 Å². The number of hydrogen-bond donors (Lipinski definition) is 1. The Morgan fingerprint density at radius 2 is 2.16 bits per heavy atom. The zero-order valence-electron chi connectivity index (χ0n) is 11.5. The van der Waals surface area contributed by atoms with Gasteiger partial charge in [0.05, 0.1) is 13.2 Å². The maximum absolute atomic E-state index is 9.12. The maximum atomic E-state index is 9.12. The predicted octanol–water partition coefficient (Wildman–Crippen LogP) is 2.80. The van der Waals surface area contributed by atoms with Gasteiger partial charge in [0.25, 0.3) is 0 Å². The zero-order valence-corrected chi connectivity index (χ0v) is 12.3. The van der Waals surface area contributed by atoms with Crippen molar-refractivity contribution in [3.8, 4) is 0 Å². The Bertz CT molecular complexity index is 458. The second-order valence-electron chi connectivity index (χ2n) is 4.71. The number of rotatable bonds is 8. The van der Waals surface area contributed by atoms with Crippen molar-refractivity contribution < 1.29 is 5.11 Å². The van der Waals surface area contributed by atoms with Crippen molar-refractivity contribution in [1.82, 2.24) is 9.47 Å². The lowest BCUT2D eigenvalue weighted by atomic mass is 10.3. The molecule has 0 atom stereocenters. The van der Waals surface area contributed by atoms with Crippen LogP contribution in [0.4, 0.5) is 0 Å². The molecule has 0 radical (unpaired) electrons. The van der Waals surface area contributed by atoms with Gasteiger partial charge in [-0.15, -0.1) is 11.3 Å². The number of aliphatic hydroxyl groups excluding tert-OH is 1. The Balaban J connectivity index is 2.01. The van der Waals surface area contributed by atoms with Crippen molar-refractivity contribution in [2.45, 2.75) is 26.4 Å². The minimum atomic E-state index is 0.228. The molecule has 0 amide bonds. The first-order valence-corrected chi connectivity index (χ1v) is 7.71. The first-order chi connectivity index (χ1) is 9.33. The molecule has 2 aromatic heterocycles. The van der Waals surface area contributed by atoms with Crippen molar-refractivity contribution in [2.75, 3.05) is 19.7 Å². The second kappa shape index (κ2) is 7.48. The number of aromatic nitrogens is 1. The summed E-state index contributed by atoms with van der Waals surface area (Å²) in [7, 11) is 0. The third kappa shape index (κ3) is 4.20. The van der Waals surface area contributed by atoms with Crippen LogP contribution in [0.1, 0.15) is 23.9 Å². The molecular weight excluding hydrogens is 256 g/mol. The molecule has 0 fully saturated rings. The summed E-state index contributed by atoms with van der Waals surface area (Å²) in [4.78, 5) is 3.68. The van der Waals surface area contributed by atoms with Crippen molar-refractivity contribution in [3.63, 3.8) is 0 Å². The fourth-order valence-electron chi connectivity index (χ4n) is 2.27. The Morgan fingerprint density at radius 3 is 2.84 bits per heavy atom. The molecule has 1 N–H and O–H groups in total. The van der Waals surface area contributed by atoms with Gasteiger partial charge in [0, 0.05) is 29.9 Å². The molecule has 0 aliphatic carbocycles. The molecule has 0 aliphatic rings. The van der Waals surface area contributed by atoms with E-state index >= 15 is 0 Å². The Labute approximate surface area is 119 Å². The normalized spacial score (nSPS) is 11.3. The van der Waals surface area contributed by atoms with Crippen molar-refractivity contribution in [1.29, 1.82) is 0 Å². The highest BCUT2D eigenvalue weighted by Gasteiger charge is 2.08. The van der Waals surface area contributed by atoms with Crippen LogP contribution in [0.2, 0.25) is 0 Å². The summed E-state index contributed by atoms with van der Waals surface area (Å²) in [6.07, 6.45) is 3.25. The summed E-state index contributed by atoms with van der Waals surface area (Å²) in [5, 5.41) is 11.2. The van der Waals surface area contributed by atoms with Crippen LogP contribution in [-0.4, -0.2) is 34.3 Å². The minimum absolute atomic E-state index is 0.228. The number of hydrogen-bond acceptors (Lipinski definition) is 3. The van der Waals surface area contributed by atoms with Gasteiger partial charge >= 0.3 is 0 Å². The van der Waals surface area contributed by atoms with E-state index in [1.807, 2.05) is 0 Å². The molecule has 104 valence electrons. The smallest absolute Gasteiger partial charge is 0.0566 e. The zero-order chi connectivity index (χ0) is 13.5. The van der Waals surface area contributed by atoms with Gasteiger partial charge in [-0.05, 0) is 36.5 Å². The first-order valence-electron chi connectivity index (χ1n) is 6.83. The molecule has 4 heteroatoms. The Kier molecular flexibility index (Phi) is 5.63. The van der Waals surface area contributed by atoms with Crippen LogP contribution in [0.25, 0.3) is 0 Å². The van der Waals surface area contributed by atoms with Gasteiger partial charge in [-0.2, -0.15) is 0 Å². The lowest BCUT2D eigenvalue weighted by molar-refractivity contribution is 0.187. The van der Waals surface area contributed by atoms with Gasteiger partial charge in [0.1, 0.15) is 0 Å². The van der Waals surface area contributed by atoms with Gasteiger partial charge < -0.3 is 9.67 Å². The van der Waals surface area contributed by atoms with Crippen LogP contribution in [0.15, 0.2) is 35.8 Å². The summed E-state index contributed by atoms with van der Waals surface area (Å²) >= 11 is 1.79. The average molecular weight is 278 g/mol. The summed E-state index contributed by atoms with van der Waals surface area (Å²) in [6.45, 7) is 6.04. The molecule has 0 aromatic carbocycles. The van der Waals surface area contributed by atoms with Gasteiger partial charge in [0.2, 0.25) is 0 Å². The molecular formula is C15H22N2OS. The number of thiophene rings is 1. The lowest BCUT2D eigenvalue weighted by Gasteiger charge is -2.21. The van der Waals surface area contributed by atoms with Gasteiger partial charge in [-0.3, -0.25) is 4.90 Å². The molecule has 0 aliphatic heterocycles. The average Bonchev–Trinajstić information content (AvgIpc) is 3.03. The molecule has 2 rings (SSSR count). The van der Waals surface area contributed by atoms with Gasteiger partial charge in [-0.1, -0.05) is 13.0 Å². The molecule has 0 saturated carbocycles. The molecule has 0 spiro atoms. The molecule has 0 bridgehead atoms. The van der Waals surface area contributed by atoms with Crippen molar-refractivity contribution in [2.24, 2.45) is 0 Å². The third-order valence-electron chi connectivity index (χ3n) is 3.17. The molecule has 19 heavy (non-hydrogen) atoms. The van der Waals surface area contributed by atoms with E-state index in [-0.39, 0.29) is 6.61 Å².